The third-order valence-electron chi connectivity index (χ3n) is 3.94. The van der Waals surface area contributed by atoms with Gasteiger partial charge in [0.25, 0.3) is 0 Å². The molecule has 0 saturated heterocycles. The maximum Gasteiger partial charge on any atom is -0.0269 e. The molecule has 2 saturated carbocycles. The average Bonchev–Trinajstić information content (AvgIpc) is 2.27. The third-order valence-corrected chi connectivity index (χ3v) is 3.94. The topological polar surface area (TPSA) is 0 Å². The molecule has 0 amide bonds. The van der Waals surface area contributed by atoms with Gasteiger partial charge in [0, 0.05) is 0 Å². The Morgan fingerprint density at radius 2 is 1.90 bits per heavy atom. The Bertz CT molecular complexity index is 122. The van der Waals surface area contributed by atoms with E-state index < -0.39 is 0 Å². The van der Waals surface area contributed by atoms with E-state index in [0.717, 1.165) is 11.3 Å². The van der Waals surface area contributed by atoms with Crippen molar-refractivity contribution < 1.29 is 0 Å². The van der Waals surface area contributed by atoms with Crippen LogP contribution >= 0.6 is 0 Å². The molecule has 1 unspecified atom stereocenters. The molecule has 2 aliphatic rings. The Kier molecular flexibility index (Phi) is 1.51. The van der Waals surface area contributed by atoms with Crippen LogP contribution in [0.5, 0.6) is 0 Å². The maximum absolute atomic E-state index is 2.37. The summed E-state index contributed by atoms with van der Waals surface area (Å²) < 4.78 is 0. The van der Waals surface area contributed by atoms with Gasteiger partial charge in [0.2, 0.25) is 0 Å². The molecule has 0 heteroatoms. The van der Waals surface area contributed by atoms with Crippen LogP contribution in [0.3, 0.4) is 0 Å². The van der Waals surface area contributed by atoms with Crippen molar-refractivity contribution in [1.29, 1.82) is 0 Å². The zero-order valence-corrected chi connectivity index (χ0v) is 7.03. The summed E-state index contributed by atoms with van der Waals surface area (Å²) in [7, 11) is 0. The lowest BCUT2D eigenvalue weighted by atomic mass is 9.62. The number of hydrogen-bond donors (Lipinski definition) is 0. The molecule has 2 fully saturated rings. The van der Waals surface area contributed by atoms with Crippen molar-refractivity contribution in [2.75, 3.05) is 0 Å². The lowest BCUT2D eigenvalue weighted by molar-refractivity contribution is 0.0760. The van der Waals surface area contributed by atoms with Crippen LogP contribution in [0.2, 0.25) is 0 Å². The first kappa shape index (κ1) is 6.69. The van der Waals surface area contributed by atoms with Gasteiger partial charge in [0.05, 0.1) is 0 Å². The maximum atomic E-state index is 2.37. The van der Waals surface area contributed by atoms with Crippen molar-refractivity contribution >= 4 is 0 Å². The van der Waals surface area contributed by atoms with Gasteiger partial charge in [0.15, 0.2) is 0 Å². The van der Waals surface area contributed by atoms with E-state index in [-0.39, 0.29) is 0 Å². The summed E-state index contributed by atoms with van der Waals surface area (Å²) in [5.41, 5.74) is 0.884. The molecule has 0 N–H and O–H groups in total. The predicted molar refractivity (Wildman–Crippen MR) is 43.9 cm³/mol. The molecule has 0 heterocycles. The largest absolute Gasteiger partial charge is 0.0651 e. The molecule has 10 heavy (non-hydrogen) atoms. The monoisotopic (exact) mass is 138 g/mol. The Morgan fingerprint density at radius 3 is 2.30 bits per heavy atom. The summed E-state index contributed by atoms with van der Waals surface area (Å²) >= 11 is 0. The summed E-state index contributed by atoms with van der Waals surface area (Å²) in [6.45, 7) is 2.37. The molecule has 0 bridgehead atoms. The zero-order chi connectivity index (χ0) is 7.03. The van der Waals surface area contributed by atoms with Gasteiger partial charge in [0.1, 0.15) is 0 Å². The highest BCUT2D eigenvalue weighted by atomic mass is 14.5. The van der Waals surface area contributed by atoms with E-state index in [1.54, 1.807) is 19.3 Å². The van der Waals surface area contributed by atoms with Crippen LogP contribution in [0.15, 0.2) is 0 Å². The van der Waals surface area contributed by atoms with Gasteiger partial charge in [-0.2, -0.15) is 0 Å². The quantitative estimate of drug-likeness (QED) is 0.521. The second-order valence-corrected chi connectivity index (χ2v) is 4.21. The molecule has 0 aromatic heterocycles. The normalized spacial score (nSPS) is 36.3. The summed E-state index contributed by atoms with van der Waals surface area (Å²) in [5.74, 6) is 1.11. The van der Waals surface area contributed by atoms with Crippen LogP contribution in [0.4, 0.5) is 0 Å². The van der Waals surface area contributed by atoms with E-state index in [1.807, 2.05) is 0 Å². The van der Waals surface area contributed by atoms with Gasteiger partial charge in [-0.1, -0.05) is 26.2 Å². The Balaban J connectivity index is 2.05. The van der Waals surface area contributed by atoms with E-state index in [0.29, 0.717) is 0 Å². The van der Waals surface area contributed by atoms with Gasteiger partial charge in [-0.3, -0.25) is 0 Å². The number of rotatable bonds is 1. The van der Waals surface area contributed by atoms with Crippen LogP contribution < -0.4 is 0 Å². The lowest BCUT2D eigenvalue weighted by Crippen LogP contribution is -2.32. The van der Waals surface area contributed by atoms with Gasteiger partial charge < -0.3 is 0 Å². The summed E-state index contributed by atoms with van der Waals surface area (Å²) in [5, 5.41) is 0. The minimum Gasteiger partial charge on any atom is -0.0651 e. The zero-order valence-electron chi connectivity index (χ0n) is 7.03. The van der Waals surface area contributed by atoms with Crippen LogP contribution in [0, 0.1) is 11.3 Å². The molecule has 2 rings (SSSR count). The highest BCUT2D eigenvalue weighted by Gasteiger charge is 2.45. The highest BCUT2D eigenvalue weighted by Crippen LogP contribution is 2.57. The Hall–Kier alpha value is 0. The Morgan fingerprint density at radius 1 is 1.20 bits per heavy atom. The fourth-order valence-corrected chi connectivity index (χ4v) is 3.14. The van der Waals surface area contributed by atoms with Crippen LogP contribution in [-0.4, -0.2) is 0 Å². The van der Waals surface area contributed by atoms with Crippen molar-refractivity contribution in [3.05, 3.63) is 0 Å². The fourth-order valence-electron chi connectivity index (χ4n) is 3.14. The van der Waals surface area contributed by atoms with E-state index in [2.05, 4.69) is 6.92 Å². The molecule has 1 atom stereocenters. The average molecular weight is 138 g/mol. The standard InChI is InChI=1S/C10H18/c1-2-9-5-3-6-10(9)7-4-8-10/h9H,2-8H2,1H3. The van der Waals surface area contributed by atoms with Gasteiger partial charge in [-0.15, -0.1) is 0 Å². The number of hydrogen-bond acceptors (Lipinski definition) is 0. The third kappa shape index (κ3) is 0.741. The van der Waals surface area contributed by atoms with Crippen molar-refractivity contribution in [3.63, 3.8) is 0 Å². The first-order chi connectivity index (χ1) is 4.87. The van der Waals surface area contributed by atoms with Crippen LogP contribution in [-0.2, 0) is 0 Å². The van der Waals surface area contributed by atoms with Crippen molar-refractivity contribution in [2.45, 2.75) is 51.9 Å². The molecule has 0 aromatic carbocycles. The molecule has 1 spiro atoms. The van der Waals surface area contributed by atoms with Crippen LogP contribution in [0.25, 0.3) is 0 Å². The molecular weight excluding hydrogens is 120 g/mol. The van der Waals surface area contributed by atoms with Crippen molar-refractivity contribution in [1.82, 2.24) is 0 Å². The van der Waals surface area contributed by atoms with Gasteiger partial charge in [-0.25, -0.2) is 0 Å². The molecular formula is C10H18. The molecule has 0 nitrogen and oxygen atoms in total. The molecule has 2 aliphatic carbocycles. The van der Waals surface area contributed by atoms with E-state index >= 15 is 0 Å². The van der Waals surface area contributed by atoms with Gasteiger partial charge >= 0.3 is 0 Å². The summed E-state index contributed by atoms with van der Waals surface area (Å²) in [4.78, 5) is 0. The molecule has 0 aliphatic heterocycles. The minimum atomic E-state index is 0.884. The summed E-state index contributed by atoms with van der Waals surface area (Å²) in [6, 6.07) is 0. The lowest BCUT2D eigenvalue weighted by Gasteiger charge is -2.43. The van der Waals surface area contributed by atoms with E-state index in [4.69, 9.17) is 0 Å². The van der Waals surface area contributed by atoms with E-state index in [1.165, 1.54) is 25.7 Å². The fraction of sp³-hybridized carbons (Fsp3) is 1.00. The second kappa shape index (κ2) is 2.25. The Labute approximate surface area is 64.0 Å². The first-order valence-corrected chi connectivity index (χ1v) is 4.87. The predicted octanol–water partition coefficient (Wildman–Crippen LogP) is 3.37. The molecule has 0 radical (unpaired) electrons. The highest BCUT2D eigenvalue weighted by molar-refractivity contribution is 4.96. The molecule has 0 aromatic rings. The van der Waals surface area contributed by atoms with Gasteiger partial charge in [-0.05, 0) is 37.0 Å². The minimum absolute atomic E-state index is 0.884. The first-order valence-electron chi connectivity index (χ1n) is 4.87. The molecule has 58 valence electrons. The second-order valence-electron chi connectivity index (χ2n) is 4.21. The van der Waals surface area contributed by atoms with Crippen LogP contribution in [0.1, 0.15) is 51.9 Å². The van der Waals surface area contributed by atoms with E-state index in [9.17, 15) is 0 Å². The SMILES string of the molecule is CCC1CCCC12CCC2. The van der Waals surface area contributed by atoms with Crippen molar-refractivity contribution in [2.24, 2.45) is 11.3 Å². The summed E-state index contributed by atoms with van der Waals surface area (Å²) in [6.07, 6.45) is 10.7. The van der Waals surface area contributed by atoms with Crippen molar-refractivity contribution in [3.8, 4) is 0 Å². The smallest absolute Gasteiger partial charge is 0.0269 e.